The quantitative estimate of drug-likeness (QED) is 0.628. The molecule has 0 aliphatic carbocycles. The van der Waals surface area contributed by atoms with Crippen LogP contribution in [0.3, 0.4) is 0 Å². The minimum absolute atomic E-state index is 0.209. The van der Waals surface area contributed by atoms with Crippen LogP contribution in [0.5, 0.6) is 0 Å². The highest BCUT2D eigenvalue weighted by atomic mass is 32.1. The van der Waals surface area contributed by atoms with Gasteiger partial charge >= 0.3 is 0 Å². The monoisotopic (exact) mass is 335 g/mol. The van der Waals surface area contributed by atoms with Crippen molar-refractivity contribution in [2.45, 2.75) is 13.0 Å². The second-order valence-corrected chi connectivity index (χ2v) is 6.08. The smallest absolute Gasteiger partial charge is 0.191 e. The Labute approximate surface area is 140 Å². The van der Waals surface area contributed by atoms with E-state index in [0.717, 1.165) is 35.3 Å². The molecule has 7 heteroatoms. The number of nitrogens with zero attached hydrogens (tertiary/aromatic N) is 3. The molecule has 0 aliphatic heterocycles. The Morgan fingerprint density at radius 1 is 1.26 bits per heavy atom. The maximum absolute atomic E-state index is 12.9. The van der Waals surface area contributed by atoms with Gasteiger partial charge in [0, 0.05) is 33.1 Å². The van der Waals surface area contributed by atoms with E-state index in [1.54, 1.807) is 30.5 Å². The van der Waals surface area contributed by atoms with Crippen molar-refractivity contribution in [2.24, 2.45) is 4.99 Å². The number of benzene rings is 1. The summed E-state index contributed by atoms with van der Waals surface area (Å²) in [5.41, 5.74) is 2.07. The lowest BCUT2D eigenvalue weighted by molar-refractivity contribution is 0.626. The molecular formula is C16H22FN5S. The summed E-state index contributed by atoms with van der Waals surface area (Å²) < 4.78 is 12.9. The molecule has 1 aromatic heterocycles. The molecule has 0 fully saturated rings. The van der Waals surface area contributed by atoms with Gasteiger partial charge in [0.15, 0.2) is 11.1 Å². The summed E-state index contributed by atoms with van der Waals surface area (Å²) in [5.74, 6) is 0.519. The molecule has 0 unspecified atom stereocenters. The van der Waals surface area contributed by atoms with Crippen LogP contribution >= 0.6 is 11.3 Å². The number of nitrogens with one attached hydrogen (secondary N) is 2. The number of hydrogen-bond acceptors (Lipinski definition) is 4. The summed E-state index contributed by atoms with van der Waals surface area (Å²) in [7, 11) is 5.69. The third-order valence-corrected chi connectivity index (χ3v) is 4.26. The van der Waals surface area contributed by atoms with E-state index in [1.807, 2.05) is 24.4 Å². The van der Waals surface area contributed by atoms with Gasteiger partial charge in [-0.2, -0.15) is 0 Å². The second kappa shape index (κ2) is 8.47. The lowest BCUT2D eigenvalue weighted by Gasteiger charge is -2.11. The number of halogens is 1. The van der Waals surface area contributed by atoms with Crippen LogP contribution in [0.1, 0.15) is 11.3 Å². The van der Waals surface area contributed by atoms with Crippen molar-refractivity contribution in [3.63, 3.8) is 0 Å². The minimum atomic E-state index is -0.209. The van der Waals surface area contributed by atoms with Crippen molar-refractivity contribution in [3.8, 4) is 0 Å². The number of anilines is 1. The first kappa shape index (κ1) is 17.2. The molecule has 0 aliphatic rings. The van der Waals surface area contributed by atoms with Gasteiger partial charge in [0.05, 0.1) is 12.2 Å². The number of hydrogen-bond donors (Lipinski definition) is 2. The summed E-state index contributed by atoms with van der Waals surface area (Å²) in [6.07, 6.45) is 0.808. The largest absolute Gasteiger partial charge is 0.356 e. The molecule has 0 radical (unpaired) electrons. The van der Waals surface area contributed by atoms with Gasteiger partial charge in [-0.25, -0.2) is 9.37 Å². The fourth-order valence-corrected chi connectivity index (χ4v) is 2.71. The Kier molecular flexibility index (Phi) is 6.34. The number of aromatic nitrogens is 1. The molecule has 5 nitrogen and oxygen atoms in total. The van der Waals surface area contributed by atoms with E-state index in [9.17, 15) is 4.39 Å². The van der Waals surface area contributed by atoms with Crippen LogP contribution in [0.25, 0.3) is 0 Å². The van der Waals surface area contributed by atoms with Gasteiger partial charge in [-0.3, -0.25) is 4.99 Å². The molecule has 0 saturated heterocycles. The topological polar surface area (TPSA) is 52.6 Å². The molecule has 124 valence electrons. The van der Waals surface area contributed by atoms with Crippen molar-refractivity contribution >= 4 is 22.4 Å². The molecule has 2 rings (SSSR count). The average Bonchev–Trinajstić information content (AvgIpc) is 3.01. The zero-order valence-electron chi connectivity index (χ0n) is 13.6. The molecule has 2 aromatic rings. The van der Waals surface area contributed by atoms with E-state index in [4.69, 9.17) is 0 Å². The number of aliphatic imine (C=N–C) groups is 1. The van der Waals surface area contributed by atoms with Gasteiger partial charge in [0.25, 0.3) is 0 Å². The van der Waals surface area contributed by atoms with Crippen LogP contribution in [0.15, 0.2) is 34.6 Å². The van der Waals surface area contributed by atoms with Gasteiger partial charge in [0.1, 0.15) is 5.82 Å². The van der Waals surface area contributed by atoms with Crippen LogP contribution in [0.4, 0.5) is 9.52 Å². The fraction of sp³-hybridized carbons (Fsp3) is 0.375. The van der Waals surface area contributed by atoms with Crippen LogP contribution in [0, 0.1) is 5.82 Å². The van der Waals surface area contributed by atoms with Crippen molar-refractivity contribution in [3.05, 3.63) is 46.7 Å². The van der Waals surface area contributed by atoms with E-state index in [1.165, 1.54) is 12.1 Å². The van der Waals surface area contributed by atoms with Crippen molar-refractivity contribution < 1.29 is 4.39 Å². The van der Waals surface area contributed by atoms with Crippen LogP contribution in [0.2, 0.25) is 0 Å². The zero-order valence-corrected chi connectivity index (χ0v) is 14.5. The third kappa shape index (κ3) is 5.52. The molecular weight excluding hydrogens is 313 g/mol. The highest BCUT2D eigenvalue weighted by Gasteiger charge is 2.04. The normalized spacial score (nSPS) is 11.4. The van der Waals surface area contributed by atoms with E-state index >= 15 is 0 Å². The highest BCUT2D eigenvalue weighted by molar-refractivity contribution is 7.13. The van der Waals surface area contributed by atoms with E-state index in [-0.39, 0.29) is 5.82 Å². The van der Waals surface area contributed by atoms with Gasteiger partial charge in [-0.15, -0.1) is 11.3 Å². The summed E-state index contributed by atoms with van der Waals surface area (Å²) in [6, 6.07) is 6.55. The molecule has 23 heavy (non-hydrogen) atoms. The first-order valence-electron chi connectivity index (χ1n) is 7.39. The van der Waals surface area contributed by atoms with E-state index in [2.05, 4.69) is 20.6 Å². The molecule has 0 bridgehead atoms. The maximum Gasteiger partial charge on any atom is 0.191 e. The minimum Gasteiger partial charge on any atom is -0.356 e. The van der Waals surface area contributed by atoms with Crippen LogP contribution in [-0.2, 0) is 13.0 Å². The summed E-state index contributed by atoms with van der Waals surface area (Å²) in [6.45, 7) is 1.35. The maximum atomic E-state index is 12.9. The lowest BCUT2D eigenvalue weighted by Crippen LogP contribution is -2.37. The Bertz CT molecular complexity index is 636. The van der Waals surface area contributed by atoms with E-state index < -0.39 is 0 Å². The molecule has 1 aromatic carbocycles. The Morgan fingerprint density at radius 2 is 2.00 bits per heavy atom. The van der Waals surface area contributed by atoms with Gasteiger partial charge in [-0.05, 0) is 24.1 Å². The summed E-state index contributed by atoms with van der Waals surface area (Å²) in [4.78, 5) is 10.7. The SMILES string of the molecule is CN=C(NCCc1ccc(F)cc1)NCc1csc(N(C)C)n1. The Hall–Kier alpha value is -2.15. The summed E-state index contributed by atoms with van der Waals surface area (Å²) >= 11 is 1.62. The van der Waals surface area contributed by atoms with Crippen molar-refractivity contribution in [1.82, 2.24) is 15.6 Å². The van der Waals surface area contributed by atoms with Crippen molar-refractivity contribution in [1.29, 1.82) is 0 Å². The molecule has 0 saturated carbocycles. The first-order chi connectivity index (χ1) is 11.1. The van der Waals surface area contributed by atoms with Gasteiger partial charge in [0.2, 0.25) is 0 Å². The standard InChI is InChI=1S/C16H22FN5S/c1-18-15(19-9-8-12-4-6-13(17)7-5-12)20-10-14-11-23-16(21-14)22(2)3/h4-7,11H,8-10H2,1-3H3,(H2,18,19,20). The predicted molar refractivity (Wildman–Crippen MR) is 94.7 cm³/mol. The van der Waals surface area contributed by atoms with Crippen LogP contribution < -0.4 is 15.5 Å². The third-order valence-electron chi connectivity index (χ3n) is 3.20. The highest BCUT2D eigenvalue weighted by Crippen LogP contribution is 2.17. The Balaban J connectivity index is 1.75. The number of guanidine groups is 1. The van der Waals surface area contributed by atoms with E-state index in [0.29, 0.717) is 6.54 Å². The van der Waals surface area contributed by atoms with Gasteiger partial charge < -0.3 is 15.5 Å². The van der Waals surface area contributed by atoms with Crippen LogP contribution in [-0.4, -0.2) is 38.6 Å². The number of thiazole rings is 1. The molecule has 0 amide bonds. The van der Waals surface area contributed by atoms with Crippen molar-refractivity contribution in [2.75, 3.05) is 32.6 Å². The summed E-state index contributed by atoms with van der Waals surface area (Å²) in [5, 5.41) is 9.50. The zero-order chi connectivity index (χ0) is 16.7. The average molecular weight is 335 g/mol. The van der Waals surface area contributed by atoms with Gasteiger partial charge in [-0.1, -0.05) is 12.1 Å². The Morgan fingerprint density at radius 3 is 2.61 bits per heavy atom. The first-order valence-corrected chi connectivity index (χ1v) is 8.27. The fourth-order valence-electron chi connectivity index (χ4n) is 1.95. The molecule has 1 heterocycles. The molecule has 2 N–H and O–H groups in total. The second-order valence-electron chi connectivity index (χ2n) is 5.24. The molecule has 0 atom stereocenters. The lowest BCUT2D eigenvalue weighted by atomic mass is 10.1. The predicted octanol–water partition coefficient (Wildman–Crippen LogP) is 2.26. The number of rotatable bonds is 6. The molecule has 0 spiro atoms.